The fourth-order valence-corrected chi connectivity index (χ4v) is 2.78. The van der Waals surface area contributed by atoms with Crippen LogP contribution in [0.3, 0.4) is 0 Å². The number of anilines is 1. The third kappa shape index (κ3) is 3.94. The quantitative estimate of drug-likeness (QED) is 0.815. The van der Waals surface area contributed by atoms with Crippen molar-refractivity contribution >= 4 is 16.5 Å². The van der Waals surface area contributed by atoms with Gasteiger partial charge in [0, 0.05) is 37.3 Å². The van der Waals surface area contributed by atoms with E-state index in [1.807, 2.05) is 6.20 Å². The number of hydrogen-bond acceptors (Lipinski definition) is 5. The summed E-state index contributed by atoms with van der Waals surface area (Å²) in [6.45, 7) is 7.93. The monoisotopic (exact) mass is 255 g/mol. The van der Waals surface area contributed by atoms with Crippen molar-refractivity contribution in [3.05, 3.63) is 11.1 Å². The first-order chi connectivity index (χ1) is 8.40. The van der Waals surface area contributed by atoms with E-state index in [9.17, 15) is 0 Å². The molecule has 1 saturated heterocycles. The van der Waals surface area contributed by atoms with Gasteiger partial charge in [0.25, 0.3) is 0 Å². The Labute approximate surface area is 107 Å². The molecule has 0 aliphatic carbocycles. The molecule has 1 N–H and O–H groups in total. The lowest BCUT2D eigenvalue weighted by Gasteiger charge is -2.17. The van der Waals surface area contributed by atoms with Crippen LogP contribution in [0.2, 0.25) is 0 Å². The van der Waals surface area contributed by atoms with Crippen LogP contribution in [0.5, 0.6) is 0 Å². The Balaban J connectivity index is 1.87. The van der Waals surface area contributed by atoms with Crippen LogP contribution in [0.15, 0.2) is 6.20 Å². The molecule has 0 unspecified atom stereocenters. The van der Waals surface area contributed by atoms with Gasteiger partial charge in [-0.2, -0.15) is 0 Å². The number of thiazole rings is 1. The molecular weight excluding hydrogens is 234 g/mol. The molecule has 0 spiro atoms. The van der Waals surface area contributed by atoms with Gasteiger partial charge in [0.15, 0.2) is 5.13 Å². The number of nitrogens with zero attached hydrogens (tertiary/aromatic N) is 2. The van der Waals surface area contributed by atoms with E-state index in [1.54, 1.807) is 11.3 Å². The molecule has 1 fully saturated rings. The first kappa shape index (κ1) is 12.8. The van der Waals surface area contributed by atoms with Gasteiger partial charge in [0.1, 0.15) is 0 Å². The van der Waals surface area contributed by atoms with Crippen molar-refractivity contribution in [2.75, 3.05) is 37.7 Å². The standard InChI is InChI=1S/C12H21N3OS/c1-2-4-13-9-11-10-14-12(17-11)15-5-3-7-16-8-6-15/h10,13H,2-9H2,1H3. The molecule has 1 aromatic rings. The topological polar surface area (TPSA) is 37.4 Å². The molecule has 2 heterocycles. The summed E-state index contributed by atoms with van der Waals surface area (Å²) in [6.07, 6.45) is 4.27. The van der Waals surface area contributed by atoms with E-state index in [4.69, 9.17) is 4.74 Å². The minimum atomic E-state index is 0.822. The zero-order valence-electron chi connectivity index (χ0n) is 10.4. The zero-order chi connectivity index (χ0) is 11.9. The number of nitrogens with one attached hydrogen (secondary N) is 1. The molecule has 1 aromatic heterocycles. The Morgan fingerprint density at radius 1 is 1.47 bits per heavy atom. The highest BCUT2D eigenvalue weighted by atomic mass is 32.1. The van der Waals surface area contributed by atoms with E-state index in [0.29, 0.717) is 0 Å². The molecule has 5 heteroatoms. The Morgan fingerprint density at radius 3 is 3.29 bits per heavy atom. The van der Waals surface area contributed by atoms with Crippen molar-refractivity contribution in [3.8, 4) is 0 Å². The normalized spacial score (nSPS) is 17.1. The van der Waals surface area contributed by atoms with Crippen molar-refractivity contribution in [2.45, 2.75) is 26.3 Å². The maximum atomic E-state index is 5.46. The summed E-state index contributed by atoms with van der Waals surface area (Å²) in [5, 5.41) is 4.55. The Morgan fingerprint density at radius 2 is 2.41 bits per heavy atom. The van der Waals surface area contributed by atoms with Crippen molar-refractivity contribution in [1.29, 1.82) is 0 Å². The summed E-state index contributed by atoms with van der Waals surface area (Å²) in [5.74, 6) is 0. The minimum Gasteiger partial charge on any atom is -0.380 e. The average molecular weight is 255 g/mol. The van der Waals surface area contributed by atoms with Gasteiger partial charge < -0.3 is 15.0 Å². The molecule has 17 heavy (non-hydrogen) atoms. The van der Waals surface area contributed by atoms with Crippen molar-refractivity contribution < 1.29 is 4.74 Å². The fourth-order valence-electron chi connectivity index (χ4n) is 1.85. The molecule has 0 aromatic carbocycles. The van der Waals surface area contributed by atoms with Gasteiger partial charge in [-0.3, -0.25) is 0 Å². The van der Waals surface area contributed by atoms with Crippen LogP contribution in [0.4, 0.5) is 5.13 Å². The van der Waals surface area contributed by atoms with Gasteiger partial charge in [0.2, 0.25) is 0 Å². The molecule has 0 radical (unpaired) electrons. The van der Waals surface area contributed by atoms with Gasteiger partial charge in [-0.15, -0.1) is 11.3 Å². The maximum absolute atomic E-state index is 5.46. The van der Waals surface area contributed by atoms with Crippen LogP contribution in [-0.4, -0.2) is 37.8 Å². The molecule has 1 aliphatic rings. The summed E-state index contributed by atoms with van der Waals surface area (Å²) in [7, 11) is 0. The Hall–Kier alpha value is -0.650. The Kier molecular flexibility index (Phi) is 5.22. The number of aromatic nitrogens is 1. The SMILES string of the molecule is CCCNCc1cnc(N2CCCOCC2)s1. The number of rotatable bonds is 5. The fraction of sp³-hybridized carbons (Fsp3) is 0.750. The summed E-state index contributed by atoms with van der Waals surface area (Å²) < 4.78 is 5.46. The molecule has 4 nitrogen and oxygen atoms in total. The second-order valence-electron chi connectivity index (χ2n) is 4.24. The molecule has 0 amide bonds. The Bertz CT molecular complexity index is 321. The predicted molar refractivity (Wildman–Crippen MR) is 71.8 cm³/mol. The highest BCUT2D eigenvalue weighted by molar-refractivity contribution is 7.15. The molecule has 96 valence electrons. The number of hydrogen-bond donors (Lipinski definition) is 1. The second-order valence-corrected chi connectivity index (χ2v) is 5.33. The van der Waals surface area contributed by atoms with Crippen LogP contribution in [0, 0.1) is 0 Å². The van der Waals surface area contributed by atoms with E-state index in [1.165, 1.54) is 11.3 Å². The molecular formula is C12H21N3OS. The molecule has 1 aliphatic heterocycles. The van der Waals surface area contributed by atoms with E-state index in [-0.39, 0.29) is 0 Å². The van der Waals surface area contributed by atoms with Crippen molar-refractivity contribution in [2.24, 2.45) is 0 Å². The van der Waals surface area contributed by atoms with Gasteiger partial charge in [-0.25, -0.2) is 4.98 Å². The molecule has 0 bridgehead atoms. The number of ether oxygens (including phenoxy) is 1. The average Bonchev–Trinajstić information content (AvgIpc) is 2.64. The smallest absolute Gasteiger partial charge is 0.185 e. The zero-order valence-corrected chi connectivity index (χ0v) is 11.3. The minimum absolute atomic E-state index is 0.822. The van der Waals surface area contributed by atoms with Crippen molar-refractivity contribution in [3.63, 3.8) is 0 Å². The van der Waals surface area contributed by atoms with Gasteiger partial charge in [-0.05, 0) is 19.4 Å². The van der Waals surface area contributed by atoms with Crippen LogP contribution in [0.1, 0.15) is 24.6 Å². The third-order valence-electron chi connectivity index (χ3n) is 2.76. The highest BCUT2D eigenvalue weighted by Crippen LogP contribution is 2.23. The predicted octanol–water partition coefficient (Wildman–Crippen LogP) is 1.87. The van der Waals surface area contributed by atoms with E-state index < -0.39 is 0 Å². The van der Waals surface area contributed by atoms with Gasteiger partial charge in [0.05, 0.1) is 6.61 Å². The lowest BCUT2D eigenvalue weighted by molar-refractivity contribution is 0.152. The third-order valence-corrected chi connectivity index (χ3v) is 3.82. The second kappa shape index (κ2) is 6.93. The largest absolute Gasteiger partial charge is 0.380 e. The summed E-state index contributed by atoms with van der Waals surface area (Å²) in [4.78, 5) is 8.16. The van der Waals surface area contributed by atoms with E-state index in [2.05, 4.69) is 22.1 Å². The van der Waals surface area contributed by atoms with E-state index in [0.717, 1.165) is 50.9 Å². The summed E-state index contributed by atoms with van der Waals surface area (Å²) in [5.41, 5.74) is 0. The van der Waals surface area contributed by atoms with E-state index >= 15 is 0 Å². The van der Waals surface area contributed by atoms with Crippen LogP contribution >= 0.6 is 11.3 Å². The first-order valence-electron chi connectivity index (χ1n) is 6.38. The van der Waals surface area contributed by atoms with Crippen LogP contribution in [0.25, 0.3) is 0 Å². The summed E-state index contributed by atoms with van der Waals surface area (Å²) in [6, 6.07) is 0. The maximum Gasteiger partial charge on any atom is 0.185 e. The molecule has 0 saturated carbocycles. The highest BCUT2D eigenvalue weighted by Gasteiger charge is 2.13. The molecule has 2 rings (SSSR count). The first-order valence-corrected chi connectivity index (χ1v) is 7.20. The van der Waals surface area contributed by atoms with Crippen LogP contribution in [-0.2, 0) is 11.3 Å². The van der Waals surface area contributed by atoms with Crippen molar-refractivity contribution in [1.82, 2.24) is 10.3 Å². The lowest BCUT2D eigenvalue weighted by Crippen LogP contribution is -2.25. The van der Waals surface area contributed by atoms with Gasteiger partial charge in [-0.1, -0.05) is 6.92 Å². The van der Waals surface area contributed by atoms with Crippen LogP contribution < -0.4 is 10.2 Å². The molecule has 0 atom stereocenters. The summed E-state index contributed by atoms with van der Waals surface area (Å²) >= 11 is 1.80. The van der Waals surface area contributed by atoms with Gasteiger partial charge >= 0.3 is 0 Å². The lowest BCUT2D eigenvalue weighted by atomic mass is 10.4.